The predicted molar refractivity (Wildman–Crippen MR) is 83.7 cm³/mol. The first-order valence-corrected chi connectivity index (χ1v) is 8.48. The van der Waals surface area contributed by atoms with E-state index in [2.05, 4.69) is 12.2 Å². The van der Waals surface area contributed by atoms with Crippen molar-refractivity contribution < 1.29 is 14.3 Å². The molecule has 21 heavy (non-hydrogen) atoms. The average Bonchev–Trinajstić information content (AvgIpc) is 2.86. The lowest BCUT2D eigenvalue weighted by molar-refractivity contribution is -0.123. The van der Waals surface area contributed by atoms with Crippen LogP contribution < -0.4 is 5.32 Å². The number of rotatable bonds is 6. The first-order chi connectivity index (χ1) is 10.1. The fraction of sp³-hybridized carbons (Fsp3) is 0.562. The lowest BCUT2D eigenvalue weighted by Gasteiger charge is -2.15. The molecule has 5 heteroatoms. The zero-order valence-electron chi connectivity index (χ0n) is 12.2. The van der Waals surface area contributed by atoms with Gasteiger partial charge in [-0.2, -0.15) is 11.8 Å². The Morgan fingerprint density at radius 1 is 1.52 bits per heavy atom. The molecule has 1 aliphatic rings. The zero-order chi connectivity index (χ0) is 15.2. The highest BCUT2D eigenvalue weighted by Gasteiger charge is 2.26. The van der Waals surface area contributed by atoms with E-state index in [0.717, 1.165) is 25.0 Å². The molecule has 1 aromatic rings. The molecule has 3 nitrogen and oxygen atoms in total. The maximum Gasteiger partial charge on any atom is 0.223 e. The van der Waals surface area contributed by atoms with Crippen LogP contribution in [-0.4, -0.2) is 28.1 Å². The first-order valence-electron chi connectivity index (χ1n) is 7.43. The van der Waals surface area contributed by atoms with Crippen LogP contribution in [-0.2, 0) is 4.79 Å². The van der Waals surface area contributed by atoms with Gasteiger partial charge in [0.05, 0.1) is 12.5 Å². The Hall–Kier alpha value is -1.07. The monoisotopic (exact) mass is 311 g/mol. The van der Waals surface area contributed by atoms with Crippen molar-refractivity contribution in [3.05, 3.63) is 35.6 Å². The first kappa shape index (κ1) is 16.3. The van der Waals surface area contributed by atoms with E-state index in [1.165, 1.54) is 18.2 Å². The average molecular weight is 311 g/mol. The number of amides is 1. The van der Waals surface area contributed by atoms with E-state index in [4.69, 9.17) is 0 Å². The Balaban J connectivity index is 1.79. The van der Waals surface area contributed by atoms with Gasteiger partial charge >= 0.3 is 0 Å². The molecule has 0 heterocycles. The van der Waals surface area contributed by atoms with Crippen LogP contribution in [0.4, 0.5) is 4.39 Å². The molecule has 0 saturated heterocycles. The van der Waals surface area contributed by atoms with Gasteiger partial charge in [-0.3, -0.25) is 4.79 Å². The summed E-state index contributed by atoms with van der Waals surface area (Å²) < 4.78 is 13.1. The smallest absolute Gasteiger partial charge is 0.223 e. The summed E-state index contributed by atoms with van der Waals surface area (Å²) in [5, 5.41) is 13.6. The summed E-state index contributed by atoms with van der Waals surface area (Å²) in [6, 6.07) is 5.96. The molecule has 116 valence electrons. The summed E-state index contributed by atoms with van der Waals surface area (Å²) in [7, 11) is 0. The van der Waals surface area contributed by atoms with E-state index in [-0.39, 0.29) is 18.4 Å². The molecule has 0 aliphatic heterocycles. The number of hydrogen-bond acceptors (Lipinski definition) is 3. The summed E-state index contributed by atoms with van der Waals surface area (Å²) in [6.07, 6.45) is 2.16. The lowest BCUT2D eigenvalue weighted by Crippen LogP contribution is -2.34. The van der Waals surface area contributed by atoms with Gasteiger partial charge in [-0.1, -0.05) is 19.1 Å². The quantitative estimate of drug-likeness (QED) is 0.849. The molecular formula is C16H22FNO2S. The maximum atomic E-state index is 13.1. The topological polar surface area (TPSA) is 49.3 Å². The number of hydrogen-bond donors (Lipinski definition) is 2. The molecule has 2 rings (SSSR count). The van der Waals surface area contributed by atoms with E-state index < -0.39 is 11.9 Å². The largest absolute Gasteiger partial charge is 0.388 e. The molecule has 0 radical (unpaired) electrons. The Bertz CT molecular complexity index is 483. The van der Waals surface area contributed by atoms with Crippen molar-refractivity contribution in [3.63, 3.8) is 0 Å². The van der Waals surface area contributed by atoms with E-state index in [1.54, 1.807) is 6.07 Å². The van der Waals surface area contributed by atoms with E-state index in [1.807, 2.05) is 11.8 Å². The minimum atomic E-state index is -0.956. The van der Waals surface area contributed by atoms with Gasteiger partial charge in [0.15, 0.2) is 0 Å². The van der Waals surface area contributed by atoms with Gasteiger partial charge in [-0.25, -0.2) is 4.39 Å². The zero-order valence-corrected chi connectivity index (χ0v) is 13.0. The number of benzene rings is 1. The fourth-order valence-corrected chi connectivity index (χ4v) is 3.89. The highest BCUT2D eigenvalue weighted by Crippen LogP contribution is 2.29. The van der Waals surface area contributed by atoms with Crippen molar-refractivity contribution in [1.82, 2.24) is 5.32 Å². The number of halogens is 1. The molecule has 1 saturated carbocycles. The van der Waals surface area contributed by atoms with Gasteiger partial charge in [-0.15, -0.1) is 0 Å². The van der Waals surface area contributed by atoms with Gasteiger partial charge in [0, 0.05) is 11.3 Å². The second-order valence-corrected chi connectivity index (χ2v) is 7.01. The summed E-state index contributed by atoms with van der Waals surface area (Å²) in [5.41, 5.74) is 0.441. The van der Waals surface area contributed by atoms with E-state index in [0.29, 0.717) is 10.8 Å². The summed E-state index contributed by atoms with van der Waals surface area (Å²) in [5.74, 6) is 0.532. The van der Waals surface area contributed by atoms with Crippen LogP contribution in [0.5, 0.6) is 0 Å². The van der Waals surface area contributed by atoms with Crippen LogP contribution in [0.2, 0.25) is 0 Å². The third kappa shape index (κ3) is 5.00. The molecule has 1 aromatic carbocycles. The Morgan fingerprint density at radius 2 is 2.33 bits per heavy atom. The van der Waals surface area contributed by atoms with E-state index in [9.17, 15) is 14.3 Å². The molecule has 1 aliphatic carbocycles. The molecule has 0 aromatic heterocycles. The van der Waals surface area contributed by atoms with Crippen LogP contribution in [0.3, 0.4) is 0 Å². The van der Waals surface area contributed by atoms with Crippen LogP contribution >= 0.6 is 11.8 Å². The van der Waals surface area contributed by atoms with Crippen molar-refractivity contribution in [3.8, 4) is 0 Å². The maximum absolute atomic E-state index is 13.1. The summed E-state index contributed by atoms with van der Waals surface area (Å²) >= 11 is 1.94. The molecule has 0 bridgehead atoms. The van der Waals surface area contributed by atoms with Crippen LogP contribution in [0.25, 0.3) is 0 Å². The molecule has 3 atom stereocenters. The Morgan fingerprint density at radius 3 is 3.05 bits per heavy atom. The van der Waals surface area contributed by atoms with Crippen molar-refractivity contribution >= 4 is 17.7 Å². The molecule has 0 spiro atoms. The SMILES string of the molecule is CCSC1CCC(NC(=O)CC(O)c2cccc(F)c2)C1. The number of aliphatic hydroxyl groups is 1. The van der Waals surface area contributed by atoms with Gasteiger partial charge in [-0.05, 0) is 42.7 Å². The third-order valence-corrected chi connectivity index (χ3v) is 5.00. The van der Waals surface area contributed by atoms with Gasteiger partial charge in [0.2, 0.25) is 5.91 Å². The van der Waals surface area contributed by atoms with Crippen LogP contribution in [0.1, 0.15) is 44.3 Å². The Kier molecular flexibility index (Phi) is 6.06. The fourth-order valence-electron chi connectivity index (χ4n) is 2.75. The number of carbonyl (C=O) groups is 1. The van der Waals surface area contributed by atoms with Crippen LogP contribution in [0.15, 0.2) is 24.3 Å². The predicted octanol–water partition coefficient (Wildman–Crippen LogP) is 3.04. The molecule has 1 amide bonds. The minimum absolute atomic E-state index is 0.0223. The minimum Gasteiger partial charge on any atom is -0.388 e. The van der Waals surface area contributed by atoms with Gasteiger partial charge in [0.1, 0.15) is 5.82 Å². The van der Waals surface area contributed by atoms with Crippen molar-refractivity contribution in [2.45, 2.75) is 50.0 Å². The van der Waals surface area contributed by atoms with Crippen LogP contribution in [0, 0.1) is 5.82 Å². The van der Waals surface area contributed by atoms with Crippen molar-refractivity contribution in [1.29, 1.82) is 0 Å². The number of carbonyl (C=O) groups excluding carboxylic acids is 1. The number of nitrogens with one attached hydrogen (secondary N) is 1. The third-order valence-electron chi connectivity index (χ3n) is 3.76. The summed E-state index contributed by atoms with van der Waals surface area (Å²) in [6.45, 7) is 2.14. The highest BCUT2D eigenvalue weighted by atomic mass is 32.2. The lowest BCUT2D eigenvalue weighted by atomic mass is 10.1. The molecular weight excluding hydrogens is 289 g/mol. The molecule has 3 unspecified atom stereocenters. The summed E-state index contributed by atoms with van der Waals surface area (Å²) in [4.78, 5) is 12.0. The Labute approximate surface area is 129 Å². The normalized spacial score (nSPS) is 23.0. The molecule has 2 N–H and O–H groups in total. The molecule has 1 fully saturated rings. The van der Waals surface area contributed by atoms with Gasteiger partial charge < -0.3 is 10.4 Å². The number of aliphatic hydroxyl groups excluding tert-OH is 1. The number of thioether (sulfide) groups is 1. The standard InChI is InChI=1S/C16H22FNO2S/c1-2-21-14-7-6-13(9-14)18-16(20)10-15(19)11-4-3-5-12(17)8-11/h3-5,8,13-15,19H,2,6-7,9-10H2,1H3,(H,18,20). The second kappa shape index (κ2) is 7.80. The second-order valence-electron chi connectivity index (χ2n) is 5.43. The van der Waals surface area contributed by atoms with Crippen molar-refractivity contribution in [2.75, 3.05) is 5.75 Å². The highest BCUT2D eigenvalue weighted by molar-refractivity contribution is 7.99. The van der Waals surface area contributed by atoms with E-state index >= 15 is 0 Å². The van der Waals surface area contributed by atoms with Crippen molar-refractivity contribution in [2.24, 2.45) is 0 Å². The van der Waals surface area contributed by atoms with Gasteiger partial charge in [0.25, 0.3) is 0 Å².